The van der Waals surface area contributed by atoms with E-state index in [4.69, 9.17) is 48.9 Å². The van der Waals surface area contributed by atoms with Gasteiger partial charge in [-0.25, -0.2) is 0 Å². The van der Waals surface area contributed by atoms with Crippen LogP contribution in [0.25, 0.3) is 0 Å². The SMILES string of the molecule is CC(C)N(C(=S)S[Se](SC(=S)N(C(C)C)C(C)C)(SC(=S)N(C(C)C)C(C)C)SC(=S)N(C(C)C)C(C)C)C(C)C. The molecule has 0 amide bonds. The Labute approximate surface area is 291 Å². The standard InChI is InChI=1S/C28H56N4S8Se/c1-17(2)29(18(3)4)25(33)37-41(38-26(34)30(19(5)6)20(7)8,39-27(35)31(21(9)10)22(11)12)40-28(36)32(23(13)14)24(15)16/h17-24H,1-16H3. The molecule has 242 valence electrons. The van der Waals surface area contributed by atoms with Gasteiger partial charge in [-0.2, -0.15) is 0 Å². The zero-order chi connectivity index (χ0) is 32.6. The summed E-state index contributed by atoms with van der Waals surface area (Å²) in [6.07, 6.45) is 0. The van der Waals surface area contributed by atoms with Gasteiger partial charge in [0, 0.05) is 0 Å². The van der Waals surface area contributed by atoms with Crippen LogP contribution >= 0.6 is 89.6 Å². The van der Waals surface area contributed by atoms with Gasteiger partial charge >= 0.3 is 294 Å². The molecule has 0 N–H and O–H groups in total. The fraction of sp³-hybridized carbons (Fsp3) is 0.857. The molecule has 0 atom stereocenters. The maximum absolute atomic E-state index is 6.26. The van der Waals surface area contributed by atoms with E-state index >= 15 is 0 Å². The first-order valence-electron chi connectivity index (χ1n) is 14.5. The number of hydrogen-bond donors (Lipinski definition) is 0. The van der Waals surface area contributed by atoms with Crippen LogP contribution in [0.2, 0.25) is 0 Å². The number of rotatable bonds is 12. The first-order valence-corrected chi connectivity index (χ1v) is 27.5. The van der Waals surface area contributed by atoms with E-state index in [2.05, 4.69) is 130 Å². The Bertz CT molecular complexity index is 704. The Kier molecular flexibility index (Phi) is 19.9. The molecule has 0 bridgehead atoms. The summed E-state index contributed by atoms with van der Waals surface area (Å²) in [4.78, 5) is 9.38. The summed E-state index contributed by atoms with van der Waals surface area (Å²) in [5, 5.41) is 0. The van der Waals surface area contributed by atoms with Crippen LogP contribution in [0, 0.1) is 0 Å². The summed E-state index contributed by atoms with van der Waals surface area (Å²) >= 11 is 25.0. The van der Waals surface area contributed by atoms with E-state index in [1.807, 2.05) is 40.7 Å². The molecule has 0 heterocycles. The Morgan fingerprint density at radius 2 is 0.463 bits per heavy atom. The molecule has 0 aliphatic carbocycles. The van der Waals surface area contributed by atoms with Gasteiger partial charge in [-0.15, -0.1) is 0 Å². The van der Waals surface area contributed by atoms with Gasteiger partial charge in [0.2, 0.25) is 0 Å². The third kappa shape index (κ3) is 13.4. The van der Waals surface area contributed by atoms with Gasteiger partial charge in [0.15, 0.2) is 0 Å². The quantitative estimate of drug-likeness (QED) is 0.138. The molecule has 0 aromatic rings. The Hall–Kier alpha value is 1.48. The molecule has 0 spiro atoms. The summed E-state index contributed by atoms with van der Waals surface area (Å²) in [6.45, 7) is 35.4. The van der Waals surface area contributed by atoms with Crippen LogP contribution in [0.1, 0.15) is 111 Å². The first kappa shape index (κ1) is 42.5. The van der Waals surface area contributed by atoms with Gasteiger partial charge in [-0.05, 0) is 0 Å². The Morgan fingerprint density at radius 3 is 0.561 bits per heavy atom. The van der Waals surface area contributed by atoms with Crippen LogP contribution in [0.5, 0.6) is 0 Å². The molecule has 0 saturated heterocycles. The van der Waals surface area contributed by atoms with E-state index < -0.39 is 8.36 Å². The Balaban J connectivity index is 7.24. The molecule has 0 aliphatic heterocycles. The van der Waals surface area contributed by atoms with E-state index in [9.17, 15) is 0 Å². The monoisotopic (exact) mass is 784 g/mol. The second-order valence-corrected chi connectivity index (χ2v) is 39.9. The molecular formula is C28H56N4S8Se. The van der Waals surface area contributed by atoms with Crippen LogP contribution in [-0.4, -0.2) is 93.6 Å². The molecule has 13 heteroatoms. The van der Waals surface area contributed by atoms with E-state index in [-0.39, 0.29) is 48.3 Å². The zero-order valence-corrected chi connectivity index (χ0v) is 36.3. The van der Waals surface area contributed by atoms with Gasteiger partial charge in [-0.1, -0.05) is 0 Å². The fourth-order valence-corrected chi connectivity index (χ4v) is 46.8. The van der Waals surface area contributed by atoms with Crippen LogP contribution in [0.15, 0.2) is 0 Å². The second-order valence-electron chi connectivity index (χ2n) is 12.2. The van der Waals surface area contributed by atoms with Crippen molar-refractivity contribution < 1.29 is 0 Å². The van der Waals surface area contributed by atoms with Crippen molar-refractivity contribution in [3.63, 3.8) is 0 Å². The van der Waals surface area contributed by atoms with E-state index in [0.717, 1.165) is 17.3 Å². The van der Waals surface area contributed by atoms with E-state index in [0.29, 0.717) is 0 Å². The average molecular weight is 784 g/mol. The van der Waals surface area contributed by atoms with Crippen molar-refractivity contribution in [2.24, 2.45) is 0 Å². The van der Waals surface area contributed by atoms with Crippen LogP contribution in [0.3, 0.4) is 0 Å². The summed E-state index contributed by atoms with van der Waals surface area (Å²) < 4.78 is 3.60. The van der Waals surface area contributed by atoms with Crippen LogP contribution in [0.4, 0.5) is 0 Å². The summed E-state index contributed by atoms with van der Waals surface area (Å²) in [5.41, 5.74) is 0. The normalized spacial score (nSPS) is 12.9. The summed E-state index contributed by atoms with van der Waals surface area (Å²) in [5.74, 6) is 0. The van der Waals surface area contributed by atoms with Gasteiger partial charge in [0.1, 0.15) is 0 Å². The van der Waals surface area contributed by atoms with Crippen molar-refractivity contribution in [1.82, 2.24) is 19.6 Å². The molecule has 4 nitrogen and oxygen atoms in total. The zero-order valence-electron chi connectivity index (χ0n) is 28.1. The molecule has 41 heavy (non-hydrogen) atoms. The predicted molar refractivity (Wildman–Crippen MR) is 215 cm³/mol. The summed E-state index contributed by atoms with van der Waals surface area (Å²) in [6, 6.07) is 2.25. The van der Waals surface area contributed by atoms with Gasteiger partial charge < -0.3 is 0 Å². The van der Waals surface area contributed by atoms with Gasteiger partial charge in [-0.3, -0.25) is 0 Å². The maximum atomic E-state index is 6.26. The van der Waals surface area contributed by atoms with Crippen molar-refractivity contribution in [2.45, 2.75) is 159 Å². The first-order chi connectivity index (χ1) is 18.6. The molecule has 0 radical (unpaired) electrons. The molecule has 0 rings (SSSR count). The number of nitrogens with zero attached hydrogens (tertiary/aromatic N) is 4. The van der Waals surface area contributed by atoms with Crippen molar-refractivity contribution in [3.8, 4) is 0 Å². The number of hydrogen-bond acceptors (Lipinski definition) is 8. The molecule has 0 fully saturated rings. The molecule has 0 unspecified atom stereocenters. The fourth-order valence-electron chi connectivity index (χ4n) is 4.70. The third-order valence-electron chi connectivity index (χ3n) is 5.99. The van der Waals surface area contributed by atoms with Crippen LogP contribution < -0.4 is 0 Å². The Morgan fingerprint density at radius 1 is 0.341 bits per heavy atom. The predicted octanol–water partition coefficient (Wildman–Crippen LogP) is 9.97. The molecule has 0 aliphatic rings. The minimum absolute atomic E-state index is 0.282. The second kappa shape index (κ2) is 19.2. The van der Waals surface area contributed by atoms with Crippen LogP contribution in [-0.2, 0) is 0 Å². The van der Waals surface area contributed by atoms with Crippen molar-refractivity contribution in [3.05, 3.63) is 0 Å². The summed E-state index contributed by atoms with van der Waals surface area (Å²) in [7, 11) is 4.31. The molecule has 0 aromatic carbocycles. The van der Waals surface area contributed by atoms with Gasteiger partial charge in [0.05, 0.1) is 0 Å². The van der Waals surface area contributed by atoms with E-state index in [1.165, 1.54) is 0 Å². The number of thiocarbonyl (C=S) groups is 4. The average Bonchev–Trinajstić information content (AvgIpc) is 2.70. The minimum atomic E-state index is -2.99. The van der Waals surface area contributed by atoms with Gasteiger partial charge in [0.25, 0.3) is 0 Å². The molecular weight excluding hydrogens is 728 g/mol. The molecule has 0 saturated carbocycles. The topological polar surface area (TPSA) is 13.0 Å². The van der Waals surface area contributed by atoms with E-state index in [1.54, 1.807) is 0 Å². The van der Waals surface area contributed by atoms with Crippen molar-refractivity contribution >= 4 is 115 Å². The van der Waals surface area contributed by atoms with Crippen molar-refractivity contribution in [1.29, 1.82) is 0 Å². The third-order valence-corrected chi connectivity index (χ3v) is 34.8. The molecule has 0 aromatic heterocycles. The van der Waals surface area contributed by atoms with Crippen molar-refractivity contribution in [2.75, 3.05) is 0 Å².